The summed E-state index contributed by atoms with van der Waals surface area (Å²) >= 11 is 0. The maximum absolute atomic E-state index is 13.2. The molecule has 0 radical (unpaired) electrons. The number of carbonyl (C=O) groups is 1. The van der Waals surface area contributed by atoms with Crippen molar-refractivity contribution in [3.8, 4) is 11.4 Å². The number of piperidine rings is 1. The van der Waals surface area contributed by atoms with Crippen molar-refractivity contribution in [1.29, 1.82) is 0 Å². The van der Waals surface area contributed by atoms with Gasteiger partial charge in [-0.05, 0) is 35.7 Å². The molecule has 0 saturated carbocycles. The summed E-state index contributed by atoms with van der Waals surface area (Å²) in [5.74, 6) is 0.182. The fourth-order valence-electron chi connectivity index (χ4n) is 4.21. The molecule has 1 N–H and O–H groups in total. The average molecular weight is 473 g/mol. The second kappa shape index (κ2) is 9.32. The number of nitrogens with zero attached hydrogens (tertiary/aromatic N) is 3. The van der Waals surface area contributed by atoms with E-state index in [-0.39, 0.29) is 16.7 Å². The SMILES string of the molecule is O=C(Nc1cnc(-c2ccccc2)nc1)C1CCN(S(=O)(=O)c2ccc3ccccc3c2)CC1. The standard InChI is InChI=1S/C26H24N4O3S/c31-26(29-23-17-27-25(28-18-23)20-7-2-1-3-8-20)21-12-14-30(15-13-21)34(32,33)24-11-10-19-6-4-5-9-22(19)16-24/h1-11,16-18,21H,12-15H2,(H,29,31). The molecule has 7 nitrogen and oxygen atoms in total. The molecular weight excluding hydrogens is 448 g/mol. The van der Waals surface area contributed by atoms with Crippen molar-refractivity contribution in [1.82, 2.24) is 14.3 Å². The van der Waals surface area contributed by atoms with Crippen molar-refractivity contribution in [3.63, 3.8) is 0 Å². The Balaban J connectivity index is 1.21. The quantitative estimate of drug-likeness (QED) is 0.467. The number of aromatic nitrogens is 2. The first-order valence-corrected chi connectivity index (χ1v) is 12.6. The number of amides is 1. The Morgan fingerprint density at radius 3 is 2.21 bits per heavy atom. The van der Waals surface area contributed by atoms with Crippen LogP contribution in [0.5, 0.6) is 0 Å². The van der Waals surface area contributed by atoms with Gasteiger partial charge in [0.25, 0.3) is 0 Å². The third-order valence-corrected chi connectivity index (χ3v) is 8.03. The summed E-state index contributed by atoms with van der Waals surface area (Å²) in [4.78, 5) is 21.7. The van der Waals surface area contributed by atoms with Crippen molar-refractivity contribution in [3.05, 3.63) is 85.2 Å². The molecule has 1 amide bonds. The molecule has 8 heteroatoms. The Kier molecular flexibility index (Phi) is 6.08. The first-order chi connectivity index (χ1) is 16.5. The number of rotatable bonds is 5. The summed E-state index contributed by atoms with van der Waals surface area (Å²) in [6, 6.07) is 22.5. The lowest BCUT2D eigenvalue weighted by molar-refractivity contribution is -0.120. The van der Waals surface area contributed by atoms with Crippen LogP contribution < -0.4 is 5.32 Å². The third kappa shape index (κ3) is 4.55. The third-order valence-electron chi connectivity index (χ3n) is 6.13. The highest BCUT2D eigenvalue weighted by Gasteiger charge is 2.32. The van der Waals surface area contributed by atoms with E-state index < -0.39 is 10.0 Å². The minimum Gasteiger partial charge on any atom is -0.323 e. The highest BCUT2D eigenvalue weighted by atomic mass is 32.2. The van der Waals surface area contributed by atoms with Crippen LogP contribution in [0, 0.1) is 5.92 Å². The van der Waals surface area contributed by atoms with Crippen molar-refractivity contribution in [2.45, 2.75) is 17.7 Å². The van der Waals surface area contributed by atoms with Crippen LogP contribution in [0.2, 0.25) is 0 Å². The molecule has 34 heavy (non-hydrogen) atoms. The first-order valence-electron chi connectivity index (χ1n) is 11.2. The van der Waals surface area contributed by atoms with Crippen molar-refractivity contribution >= 4 is 32.4 Å². The number of sulfonamides is 1. The molecule has 0 bridgehead atoms. The van der Waals surface area contributed by atoms with Crippen LogP contribution in [0.3, 0.4) is 0 Å². The van der Waals surface area contributed by atoms with Crippen LogP contribution in [0.15, 0.2) is 90.1 Å². The number of carbonyl (C=O) groups excluding carboxylic acids is 1. The van der Waals surface area contributed by atoms with Gasteiger partial charge in [-0.3, -0.25) is 4.79 Å². The molecule has 4 aromatic rings. The van der Waals surface area contributed by atoms with E-state index in [0.29, 0.717) is 37.4 Å². The second-order valence-electron chi connectivity index (χ2n) is 8.34. The minimum absolute atomic E-state index is 0.140. The van der Waals surface area contributed by atoms with E-state index in [1.807, 2.05) is 60.7 Å². The van der Waals surface area contributed by atoms with Crippen LogP contribution in [0.4, 0.5) is 5.69 Å². The Labute approximate surface area is 198 Å². The van der Waals surface area contributed by atoms with Gasteiger partial charge in [0.05, 0.1) is 23.0 Å². The van der Waals surface area contributed by atoms with Gasteiger partial charge in [0, 0.05) is 24.6 Å². The molecule has 1 saturated heterocycles. The Hall–Kier alpha value is -3.62. The maximum Gasteiger partial charge on any atom is 0.243 e. The van der Waals surface area contributed by atoms with Gasteiger partial charge in [-0.2, -0.15) is 4.31 Å². The summed E-state index contributed by atoms with van der Waals surface area (Å²) in [7, 11) is -3.61. The topological polar surface area (TPSA) is 92.3 Å². The zero-order valence-electron chi connectivity index (χ0n) is 18.5. The predicted octanol–water partition coefficient (Wildman–Crippen LogP) is 4.34. The van der Waals surface area contributed by atoms with E-state index in [2.05, 4.69) is 15.3 Å². The molecule has 172 valence electrons. The maximum atomic E-state index is 13.2. The van der Waals surface area contributed by atoms with Crippen LogP contribution >= 0.6 is 0 Å². The van der Waals surface area contributed by atoms with Crippen LogP contribution in [0.1, 0.15) is 12.8 Å². The minimum atomic E-state index is -3.61. The molecule has 2 heterocycles. The molecule has 1 fully saturated rings. The van der Waals surface area contributed by atoms with Gasteiger partial charge in [0.2, 0.25) is 15.9 Å². The fraction of sp³-hybridized carbons (Fsp3) is 0.192. The number of hydrogen-bond donors (Lipinski definition) is 1. The van der Waals surface area contributed by atoms with Gasteiger partial charge < -0.3 is 5.32 Å². The molecule has 3 aromatic carbocycles. The first kappa shape index (κ1) is 22.2. The molecule has 5 rings (SSSR count). The van der Waals surface area contributed by atoms with Gasteiger partial charge in [-0.25, -0.2) is 18.4 Å². The number of fused-ring (bicyclic) bond motifs is 1. The van der Waals surface area contributed by atoms with Crippen molar-refractivity contribution in [2.24, 2.45) is 5.92 Å². The predicted molar refractivity (Wildman–Crippen MR) is 132 cm³/mol. The molecule has 0 atom stereocenters. The molecule has 1 aliphatic heterocycles. The summed E-state index contributed by atoms with van der Waals surface area (Å²) in [5.41, 5.74) is 1.43. The molecular formula is C26H24N4O3S. The largest absolute Gasteiger partial charge is 0.323 e. The van der Waals surface area contributed by atoms with Crippen molar-refractivity contribution < 1.29 is 13.2 Å². The smallest absolute Gasteiger partial charge is 0.243 e. The lowest BCUT2D eigenvalue weighted by Crippen LogP contribution is -2.41. The average Bonchev–Trinajstić information content (AvgIpc) is 2.89. The molecule has 0 unspecified atom stereocenters. The number of benzene rings is 3. The highest BCUT2D eigenvalue weighted by Crippen LogP contribution is 2.27. The summed E-state index contributed by atoms with van der Waals surface area (Å²) < 4.78 is 27.8. The van der Waals surface area contributed by atoms with Gasteiger partial charge in [0.15, 0.2) is 5.82 Å². The molecule has 1 aromatic heterocycles. The lowest BCUT2D eigenvalue weighted by Gasteiger charge is -2.30. The van der Waals surface area contributed by atoms with E-state index >= 15 is 0 Å². The number of nitrogens with one attached hydrogen (secondary N) is 1. The van der Waals surface area contributed by atoms with Crippen LogP contribution in [-0.4, -0.2) is 41.7 Å². The van der Waals surface area contributed by atoms with Crippen LogP contribution in [-0.2, 0) is 14.8 Å². The van der Waals surface area contributed by atoms with E-state index in [0.717, 1.165) is 16.3 Å². The lowest BCUT2D eigenvalue weighted by atomic mass is 9.97. The van der Waals surface area contributed by atoms with E-state index in [1.54, 1.807) is 24.5 Å². The monoisotopic (exact) mass is 472 g/mol. The van der Waals surface area contributed by atoms with E-state index in [9.17, 15) is 13.2 Å². The molecule has 0 aliphatic carbocycles. The van der Waals surface area contributed by atoms with Crippen LogP contribution in [0.25, 0.3) is 22.2 Å². The van der Waals surface area contributed by atoms with E-state index in [1.165, 1.54) is 4.31 Å². The molecule has 1 aliphatic rings. The van der Waals surface area contributed by atoms with Gasteiger partial charge in [-0.15, -0.1) is 0 Å². The van der Waals surface area contributed by atoms with E-state index in [4.69, 9.17) is 0 Å². The zero-order valence-corrected chi connectivity index (χ0v) is 19.3. The Bertz CT molecular complexity index is 1420. The van der Waals surface area contributed by atoms with Gasteiger partial charge in [0.1, 0.15) is 0 Å². The summed E-state index contributed by atoms with van der Waals surface area (Å²) in [6.45, 7) is 0.605. The zero-order chi connectivity index (χ0) is 23.5. The second-order valence-corrected chi connectivity index (χ2v) is 10.3. The summed E-state index contributed by atoms with van der Waals surface area (Å²) in [5, 5.41) is 4.75. The van der Waals surface area contributed by atoms with Gasteiger partial charge in [-0.1, -0.05) is 60.7 Å². The normalized spacial score (nSPS) is 15.3. The number of hydrogen-bond acceptors (Lipinski definition) is 5. The Morgan fingerprint density at radius 1 is 0.853 bits per heavy atom. The molecule has 0 spiro atoms. The number of anilines is 1. The fourth-order valence-corrected chi connectivity index (χ4v) is 5.71. The van der Waals surface area contributed by atoms with Crippen molar-refractivity contribution in [2.75, 3.05) is 18.4 Å². The summed E-state index contributed by atoms with van der Waals surface area (Å²) in [6.07, 6.45) is 4.10. The Morgan fingerprint density at radius 2 is 1.50 bits per heavy atom. The highest BCUT2D eigenvalue weighted by molar-refractivity contribution is 7.89. The van der Waals surface area contributed by atoms with Gasteiger partial charge >= 0.3 is 0 Å².